The zero-order chi connectivity index (χ0) is 13.8. The van der Waals surface area contributed by atoms with E-state index in [0.717, 1.165) is 16.3 Å². The highest BCUT2D eigenvalue weighted by molar-refractivity contribution is 5.83. The Hall–Kier alpha value is -2.43. The molecule has 0 saturated heterocycles. The lowest BCUT2D eigenvalue weighted by molar-refractivity contribution is -0.484. The largest absolute Gasteiger partial charge is 0.343 e. The molecule has 0 radical (unpaired) electrons. The predicted octanol–water partition coefficient (Wildman–Crippen LogP) is 2.29. The number of carbonyl (C=O) groups excluding carboxylic acids is 1. The first-order valence-electron chi connectivity index (χ1n) is 5.94. The molecule has 0 spiro atoms. The van der Waals surface area contributed by atoms with Crippen LogP contribution >= 0.6 is 0 Å². The number of carbonyl (C=O) groups is 1. The lowest BCUT2D eigenvalue weighted by atomic mass is 10.0. The van der Waals surface area contributed by atoms with Gasteiger partial charge in [-0.1, -0.05) is 36.4 Å². The Balaban J connectivity index is 2.37. The van der Waals surface area contributed by atoms with Crippen LogP contribution in [0.15, 0.2) is 42.5 Å². The van der Waals surface area contributed by atoms with Gasteiger partial charge in [-0.15, -0.1) is 0 Å². The summed E-state index contributed by atoms with van der Waals surface area (Å²) in [5.41, 5.74) is 0.741. The maximum Gasteiger partial charge on any atom is 0.227 e. The van der Waals surface area contributed by atoms with Crippen molar-refractivity contribution in [3.63, 3.8) is 0 Å². The number of nitrogens with zero attached hydrogens (tertiary/aromatic N) is 1. The van der Waals surface area contributed by atoms with Crippen LogP contribution in [-0.4, -0.2) is 17.4 Å². The lowest BCUT2D eigenvalue weighted by Crippen LogP contribution is -2.31. The molecule has 5 heteroatoms. The molecule has 0 bridgehead atoms. The number of rotatable bonds is 4. The van der Waals surface area contributed by atoms with Crippen LogP contribution in [0, 0.1) is 10.1 Å². The summed E-state index contributed by atoms with van der Waals surface area (Å²) < 4.78 is 0. The van der Waals surface area contributed by atoms with Gasteiger partial charge in [0.25, 0.3) is 0 Å². The predicted molar refractivity (Wildman–Crippen MR) is 72.4 cm³/mol. The molecule has 19 heavy (non-hydrogen) atoms. The molecule has 1 N–H and O–H groups in total. The van der Waals surface area contributed by atoms with E-state index in [1.165, 1.54) is 6.92 Å². The third-order valence-corrected chi connectivity index (χ3v) is 2.89. The van der Waals surface area contributed by atoms with Crippen molar-refractivity contribution < 1.29 is 9.72 Å². The minimum Gasteiger partial charge on any atom is -0.343 e. The van der Waals surface area contributed by atoms with E-state index in [1.807, 2.05) is 42.5 Å². The third-order valence-electron chi connectivity index (χ3n) is 2.89. The van der Waals surface area contributed by atoms with Gasteiger partial charge in [-0.2, -0.15) is 0 Å². The molecule has 1 amide bonds. The Morgan fingerprint density at radius 1 is 1.26 bits per heavy atom. The maximum atomic E-state index is 11.1. The number of fused-ring (bicyclic) bond motifs is 1. The van der Waals surface area contributed by atoms with Gasteiger partial charge in [-0.05, 0) is 22.4 Å². The highest BCUT2D eigenvalue weighted by atomic mass is 16.6. The molecule has 5 nitrogen and oxygen atoms in total. The van der Waals surface area contributed by atoms with Gasteiger partial charge in [0.05, 0.1) is 0 Å². The molecular formula is C14H14N2O3. The van der Waals surface area contributed by atoms with Crippen LogP contribution in [0.1, 0.15) is 18.5 Å². The minimum absolute atomic E-state index is 0.278. The van der Waals surface area contributed by atoms with E-state index in [9.17, 15) is 14.9 Å². The first-order chi connectivity index (χ1) is 9.06. The van der Waals surface area contributed by atoms with Crippen molar-refractivity contribution in [2.75, 3.05) is 6.54 Å². The Morgan fingerprint density at radius 3 is 2.58 bits per heavy atom. The monoisotopic (exact) mass is 258 g/mol. The summed E-state index contributed by atoms with van der Waals surface area (Å²) in [6.45, 7) is 1.03. The molecule has 2 aromatic rings. The number of nitro groups is 1. The molecule has 0 saturated carbocycles. The normalized spacial score (nSPS) is 12.1. The smallest absolute Gasteiger partial charge is 0.227 e. The molecular weight excluding hydrogens is 244 g/mol. The van der Waals surface area contributed by atoms with Gasteiger partial charge in [-0.25, -0.2) is 0 Å². The van der Waals surface area contributed by atoms with Gasteiger partial charge in [0.2, 0.25) is 12.5 Å². The second kappa shape index (κ2) is 5.48. The van der Waals surface area contributed by atoms with Gasteiger partial charge in [0.15, 0.2) is 0 Å². The second-order valence-corrected chi connectivity index (χ2v) is 4.38. The Bertz CT molecular complexity index is 609. The molecule has 0 aromatic heterocycles. The maximum absolute atomic E-state index is 11.1. The SMILES string of the molecule is CC(=O)N[C@@H](C[N+](=O)[O-])c1ccc2ccccc2c1. The van der Waals surface area contributed by atoms with E-state index in [2.05, 4.69) is 5.32 Å². The topological polar surface area (TPSA) is 72.2 Å². The Kier molecular flexibility index (Phi) is 3.75. The number of amides is 1. The molecule has 0 aliphatic heterocycles. The van der Waals surface area contributed by atoms with Crippen LogP contribution in [0.5, 0.6) is 0 Å². The second-order valence-electron chi connectivity index (χ2n) is 4.38. The van der Waals surface area contributed by atoms with Crippen molar-refractivity contribution in [2.24, 2.45) is 0 Å². The zero-order valence-electron chi connectivity index (χ0n) is 10.5. The molecule has 1 atom stereocenters. The van der Waals surface area contributed by atoms with Gasteiger partial charge < -0.3 is 5.32 Å². The van der Waals surface area contributed by atoms with Crippen LogP contribution < -0.4 is 5.32 Å². The lowest BCUT2D eigenvalue weighted by Gasteiger charge is -2.14. The fraction of sp³-hybridized carbons (Fsp3) is 0.214. The summed E-state index contributed by atoms with van der Waals surface area (Å²) in [6.07, 6.45) is 0. The van der Waals surface area contributed by atoms with Crippen LogP contribution in [0.25, 0.3) is 10.8 Å². The van der Waals surface area contributed by atoms with E-state index < -0.39 is 11.0 Å². The van der Waals surface area contributed by atoms with Crippen LogP contribution in [0.2, 0.25) is 0 Å². The van der Waals surface area contributed by atoms with Crippen molar-refractivity contribution in [1.29, 1.82) is 0 Å². The van der Waals surface area contributed by atoms with Crippen LogP contribution in [0.4, 0.5) is 0 Å². The van der Waals surface area contributed by atoms with Gasteiger partial charge in [0, 0.05) is 11.8 Å². The molecule has 2 rings (SSSR count). The van der Waals surface area contributed by atoms with E-state index in [4.69, 9.17) is 0 Å². The standard InChI is InChI=1S/C14H14N2O3/c1-10(17)15-14(9-16(18)19)13-7-6-11-4-2-3-5-12(11)8-13/h2-8,14H,9H2,1H3,(H,15,17)/t14-/m0/s1. The van der Waals surface area contributed by atoms with Crippen molar-refractivity contribution in [3.05, 3.63) is 58.1 Å². The molecule has 0 aliphatic rings. The molecule has 0 unspecified atom stereocenters. The molecule has 2 aromatic carbocycles. The van der Waals surface area contributed by atoms with Crippen molar-refractivity contribution in [1.82, 2.24) is 5.32 Å². The molecule has 0 fully saturated rings. The van der Waals surface area contributed by atoms with Gasteiger partial charge in [-0.3, -0.25) is 14.9 Å². The molecule has 0 aliphatic carbocycles. The summed E-state index contributed by atoms with van der Waals surface area (Å²) in [7, 11) is 0. The van der Waals surface area contributed by atoms with Crippen molar-refractivity contribution in [2.45, 2.75) is 13.0 Å². The van der Waals surface area contributed by atoms with Crippen LogP contribution in [-0.2, 0) is 4.79 Å². The number of nitrogens with one attached hydrogen (secondary N) is 1. The average molecular weight is 258 g/mol. The molecule has 0 heterocycles. The Labute approximate surface area is 110 Å². The molecule has 98 valence electrons. The van der Waals surface area contributed by atoms with Crippen molar-refractivity contribution in [3.8, 4) is 0 Å². The first kappa shape index (κ1) is 13.0. The van der Waals surface area contributed by atoms with E-state index >= 15 is 0 Å². The van der Waals surface area contributed by atoms with E-state index in [-0.39, 0.29) is 12.5 Å². The number of hydrogen-bond acceptors (Lipinski definition) is 3. The van der Waals surface area contributed by atoms with E-state index in [1.54, 1.807) is 0 Å². The van der Waals surface area contributed by atoms with Crippen molar-refractivity contribution >= 4 is 16.7 Å². The van der Waals surface area contributed by atoms with Crippen LogP contribution in [0.3, 0.4) is 0 Å². The first-order valence-corrected chi connectivity index (χ1v) is 5.94. The van der Waals surface area contributed by atoms with Gasteiger partial charge >= 0.3 is 0 Å². The van der Waals surface area contributed by atoms with Gasteiger partial charge in [0.1, 0.15) is 6.04 Å². The summed E-state index contributed by atoms with van der Waals surface area (Å²) >= 11 is 0. The number of hydrogen-bond donors (Lipinski definition) is 1. The third kappa shape index (κ3) is 3.28. The summed E-state index contributed by atoms with van der Waals surface area (Å²) in [5.74, 6) is -0.278. The Morgan fingerprint density at radius 2 is 1.95 bits per heavy atom. The number of benzene rings is 2. The summed E-state index contributed by atoms with van der Waals surface area (Å²) in [4.78, 5) is 21.4. The fourth-order valence-corrected chi connectivity index (χ4v) is 2.05. The zero-order valence-corrected chi connectivity index (χ0v) is 10.5. The highest BCUT2D eigenvalue weighted by Crippen LogP contribution is 2.20. The minimum atomic E-state index is -0.600. The summed E-state index contributed by atoms with van der Waals surface area (Å²) in [6, 6.07) is 12.7. The quantitative estimate of drug-likeness (QED) is 0.675. The fourth-order valence-electron chi connectivity index (χ4n) is 2.05. The average Bonchev–Trinajstić information content (AvgIpc) is 2.36. The summed E-state index contributed by atoms with van der Waals surface area (Å²) in [5, 5.41) is 15.4. The van der Waals surface area contributed by atoms with E-state index in [0.29, 0.717) is 0 Å². The highest BCUT2D eigenvalue weighted by Gasteiger charge is 2.18.